The van der Waals surface area contributed by atoms with Crippen LogP contribution >= 0.6 is 0 Å². The Morgan fingerprint density at radius 1 is 1.29 bits per heavy atom. The van der Waals surface area contributed by atoms with Crippen molar-refractivity contribution in [3.8, 4) is 0 Å². The summed E-state index contributed by atoms with van der Waals surface area (Å²) in [4.78, 5) is 4.91. The van der Waals surface area contributed by atoms with Gasteiger partial charge < -0.3 is 15.4 Å². The summed E-state index contributed by atoms with van der Waals surface area (Å²) in [7, 11) is 1.74. The third-order valence-corrected chi connectivity index (χ3v) is 3.00. The molecule has 0 aromatic heterocycles. The highest BCUT2D eigenvalue weighted by molar-refractivity contribution is 4.78. The summed E-state index contributed by atoms with van der Waals surface area (Å²) in [5.41, 5.74) is 5.72. The van der Waals surface area contributed by atoms with Crippen molar-refractivity contribution < 1.29 is 4.74 Å². The van der Waals surface area contributed by atoms with Crippen molar-refractivity contribution in [1.82, 2.24) is 9.80 Å². The molecule has 0 aliphatic carbocycles. The summed E-state index contributed by atoms with van der Waals surface area (Å²) in [5, 5.41) is 0. The molecule has 0 radical (unpaired) electrons. The Morgan fingerprint density at radius 2 is 1.93 bits per heavy atom. The molecular formula is C10H23N3O. The van der Waals surface area contributed by atoms with Crippen LogP contribution in [0.4, 0.5) is 0 Å². The molecular weight excluding hydrogens is 178 g/mol. The number of nitrogens with zero attached hydrogens (tertiary/aromatic N) is 2. The molecule has 0 bridgehead atoms. The average molecular weight is 201 g/mol. The maximum atomic E-state index is 5.72. The number of nitrogens with two attached hydrogens (primary N) is 1. The van der Waals surface area contributed by atoms with E-state index in [1.807, 2.05) is 0 Å². The number of piperazine rings is 1. The van der Waals surface area contributed by atoms with Gasteiger partial charge in [-0.1, -0.05) is 6.92 Å². The van der Waals surface area contributed by atoms with E-state index >= 15 is 0 Å². The molecule has 1 aliphatic heterocycles. The summed E-state index contributed by atoms with van der Waals surface area (Å²) in [5.74, 6) is 0. The number of hydrogen-bond acceptors (Lipinski definition) is 4. The van der Waals surface area contributed by atoms with Gasteiger partial charge in [0.1, 0.15) is 0 Å². The number of ether oxygens (including phenoxy) is 1. The van der Waals surface area contributed by atoms with Gasteiger partial charge in [-0.05, 0) is 6.54 Å². The highest BCUT2D eigenvalue weighted by Gasteiger charge is 2.21. The summed E-state index contributed by atoms with van der Waals surface area (Å²) in [6.07, 6.45) is 0. The summed E-state index contributed by atoms with van der Waals surface area (Å²) >= 11 is 0. The molecule has 1 fully saturated rings. The average Bonchev–Trinajstić information content (AvgIpc) is 2.26. The van der Waals surface area contributed by atoms with Crippen molar-refractivity contribution in [3.05, 3.63) is 0 Å². The molecule has 4 heteroatoms. The Morgan fingerprint density at radius 3 is 2.36 bits per heavy atom. The quantitative estimate of drug-likeness (QED) is 0.657. The van der Waals surface area contributed by atoms with Crippen LogP contribution < -0.4 is 5.73 Å². The Bertz CT molecular complexity index is 146. The number of methoxy groups -OCH3 is 1. The Kier molecular flexibility index (Phi) is 5.40. The van der Waals surface area contributed by atoms with Gasteiger partial charge in [-0.2, -0.15) is 0 Å². The summed E-state index contributed by atoms with van der Waals surface area (Å²) in [6, 6.07) is 0.402. The Balaban J connectivity index is 2.31. The van der Waals surface area contributed by atoms with Gasteiger partial charge in [0.25, 0.3) is 0 Å². The molecule has 1 aliphatic rings. The van der Waals surface area contributed by atoms with Gasteiger partial charge in [0, 0.05) is 45.9 Å². The molecule has 0 aromatic rings. The van der Waals surface area contributed by atoms with Crippen LogP contribution in [0.3, 0.4) is 0 Å². The van der Waals surface area contributed by atoms with E-state index in [0.717, 1.165) is 39.3 Å². The van der Waals surface area contributed by atoms with E-state index in [9.17, 15) is 0 Å². The predicted octanol–water partition coefficient (Wildman–Crippen LogP) is -0.402. The van der Waals surface area contributed by atoms with Gasteiger partial charge in [-0.25, -0.2) is 0 Å². The zero-order valence-electron chi connectivity index (χ0n) is 9.41. The second-order valence-corrected chi connectivity index (χ2v) is 3.82. The molecule has 1 heterocycles. The fourth-order valence-corrected chi connectivity index (χ4v) is 1.96. The molecule has 4 nitrogen and oxygen atoms in total. The minimum atomic E-state index is 0.402. The van der Waals surface area contributed by atoms with Crippen molar-refractivity contribution in [1.29, 1.82) is 0 Å². The van der Waals surface area contributed by atoms with E-state index in [4.69, 9.17) is 10.5 Å². The van der Waals surface area contributed by atoms with E-state index in [-0.39, 0.29) is 0 Å². The molecule has 0 spiro atoms. The largest absolute Gasteiger partial charge is 0.383 e. The number of rotatable bonds is 5. The monoisotopic (exact) mass is 201 g/mol. The number of hydrogen-bond donors (Lipinski definition) is 1. The van der Waals surface area contributed by atoms with E-state index < -0.39 is 0 Å². The molecule has 1 unspecified atom stereocenters. The van der Waals surface area contributed by atoms with Crippen LogP contribution in [-0.4, -0.2) is 68.8 Å². The van der Waals surface area contributed by atoms with E-state index in [1.165, 1.54) is 0 Å². The van der Waals surface area contributed by atoms with Crippen molar-refractivity contribution in [3.63, 3.8) is 0 Å². The van der Waals surface area contributed by atoms with Crippen molar-refractivity contribution >= 4 is 0 Å². The van der Waals surface area contributed by atoms with Crippen molar-refractivity contribution in [2.24, 2.45) is 5.73 Å². The molecule has 1 saturated heterocycles. The lowest BCUT2D eigenvalue weighted by Crippen LogP contribution is -2.53. The first-order valence-electron chi connectivity index (χ1n) is 5.47. The molecule has 0 amide bonds. The van der Waals surface area contributed by atoms with Crippen LogP contribution in [0.15, 0.2) is 0 Å². The van der Waals surface area contributed by atoms with Gasteiger partial charge >= 0.3 is 0 Å². The van der Waals surface area contributed by atoms with Crippen molar-refractivity contribution in [2.45, 2.75) is 13.0 Å². The first-order valence-corrected chi connectivity index (χ1v) is 5.47. The SMILES string of the molecule is CCN1CCN(C(CN)COC)CC1. The van der Waals surface area contributed by atoms with Gasteiger partial charge in [-0.15, -0.1) is 0 Å². The van der Waals surface area contributed by atoms with Crippen LogP contribution in [0.1, 0.15) is 6.92 Å². The van der Waals surface area contributed by atoms with E-state index in [0.29, 0.717) is 12.6 Å². The molecule has 14 heavy (non-hydrogen) atoms. The highest BCUT2D eigenvalue weighted by atomic mass is 16.5. The first-order chi connectivity index (χ1) is 6.81. The lowest BCUT2D eigenvalue weighted by atomic mass is 10.2. The van der Waals surface area contributed by atoms with Gasteiger partial charge in [0.15, 0.2) is 0 Å². The zero-order chi connectivity index (χ0) is 10.4. The third kappa shape index (κ3) is 3.20. The maximum absolute atomic E-state index is 5.72. The fourth-order valence-electron chi connectivity index (χ4n) is 1.96. The van der Waals surface area contributed by atoms with Gasteiger partial charge in [0.2, 0.25) is 0 Å². The minimum absolute atomic E-state index is 0.402. The van der Waals surface area contributed by atoms with Gasteiger partial charge in [-0.3, -0.25) is 4.90 Å². The second kappa shape index (κ2) is 6.35. The first kappa shape index (κ1) is 11.9. The minimum Gasteiger partial charge on any atom is -0.383 e. The van der Waals surface area contributed by atoms with Crippen molar-refractivity contribution in [2.75, 3.05) is 53.0 Å². The van der Waals surface area contributed by atoms with Crippen LogP contribution in [0.25, 0.3) is 0 Å². The Labute approximate surface area is 87.0 Å². The zero-order valence-corrected chi connectivity index (χ0v) is 9.41. The van der Waals surface area contributed by atoms with E-state index in [2.05, 4.69) is 16.7 Å². The smallest absolute Gasteiger partial charge is 0.0630 e. The van der Waals surface area contributed by atoms with Gasteiger partial charge in [0.05, 0.1) is 6.61 Å². The summed E-state index contributed by atoms with van der Waals surface area (Å²) < 4.78 is 5.17. The standard InChI is InChI=1S/C10H23N3O/c1-3-12-4-6-13(7-5-12)10(8-11)9-14-2/h10H,3-9,11H2,1-2H3. The molecule has 1 atom stereocenters. The normalized spacial score (nSPS) is 22.5. The molecule has 2 N–H and O–H groups in total. The molecule has 84 valence electrons. The summed E-state index contributed by atoms with van der Waals surface area (Å²) in [6.45, 7) is 9.39. The molecule has 1 rings (SSSR count). The second-order valence-electron chi connectivity index (χ2n) is 3.82. The van der Waals surface area contributed by atoms with Crippen LogP contribution in [0.2, 0.25) is 0 Å². The van der Waals surface area contributed by atoms with Crippen LogP contribution in [-0.2, 0) is 4.74 Å². The maximum Gasteiger partial charge on any atom is 0.0630 e. The highest BCUT2D eigenvalue weighted by Crippen LogP contribution is 2.05. The van der Waals surface area contributed by atoms with E-state index in [1.54, 1.807) is 7.11 Å². The molecule has 0 saturated carbocycles. The third-order valence-electron chi connectivity index (χ3n) is 3.00. The van der Waals surface area contributed by atoms with Crippen LogP contribution in [0, 0.1) is 0 Å². The fraction of sp³-hybridized carbons (Fsp3) is 1.00. The Hall–Kier alpha value is -0.160. The molecule has 0 aromatic carbocycles. The number of likely N-dealkylation sites (N-methyl/N-ethyl adjacent to an activating group) is 1. The lowest BCUT2D eigenvalue weighted by Gasteiger charge is -2.38. The predicted molar refractivity (Wildman–Crippen MR) is 58.4 cm³/mol. The topological polar surface area (TPSA) is 41.7 Å². The lowest BCUT2D eigenvalue weighted by molar-refractivity contribution is 0.0548. The van der Waals surface area contributed by atoms with Crippen LogP contribution in [0.5, 0.6) is 0 Å².